The molecule has 0 saturated heterocycles. The third-order valence-corrected chi connectivity index (χ3v) is 3.14. The molecule has 1 N–H and O–H groups in total. The smallest absolute Gasteiger partial charge is 0.274 e. The van der Waals surface area contributed by atoms with E-state index < -0.39 is 0 Å². The number of nitrogens with one attached hydrogen (secondary N) is 1. The molecule has 0 aliphatic heterocycles. The molecule has 0 saturated carbocycles. The minimum atomic E-state index is -0.207. The van der Waals surface area contributed by atoms with Gasteiger partial charge in [0.25, 0.3) is 5.56 Å². The first-order valence-corrected chi connectivity index (χ1v) is 6.53. The molecule has 0 aliphatic carbocycles. The summed E-state index contributed by atoms with van der Waals surface area (Å²) in [5.74, 6) is 0. The van der Waals surface area contributed by atoms with Crippen LogP contribution < -0.4 is 5.56 Å². The van der Waals surface area contributed by atoms with E-state index in [2.05, 4.69) is 9.97 Å². The Morgan fingerprint density at radius 3 is 2.75 bits per heavy atom. The third-order valence-electron chi connectivity index (χ3n) is 2.91. The number of nitrogens with zero attached hydrogens (tertiary/aromatic N) is 1. The molecule has 0 unspecified atom stereocenters. The van der Waals surface area contributed by atoms with E-state index in [0.29, 0.717) is 10.7 Å². The average molecular weight is 283 g/mol. The van der Waals surface area contributed by atoms with Crippen molar-refractivity contribution >= 4 is 34.8 Å². The fourth-order valence-electron chi connectivity index (χ4n) is 1.94. The van der Waals surface area contributed by atoms with Crippen LogP contribution in [0.15, 0.2) is 53.3 Å². The number of hydrogen-bond acceptors (Lipinski definition) is 2. The van der Waals surface area contributed by atoms with E-state index in [-0.39, 0.29) is 5.56 Å². The van der Waals surface area contributed by atoms with Crippen molar-refractivity contribution in [2.24, 2.45) is 0 Å². The lowest BCUT2D eigenvalue weighted by molar-refractivity contribution is 1.19. The first kappa shape index (κ1) is 12.6. The number of para-hydroxylation sites is 2. The highest BCUT2D eigenvalue weighted by molar-refractivity contribution is 6.30. The maximum absolute atomic E-state index is 11.9. The molecule has 3 aromatic rings. The molecule has 0 spiro atoms. The number of benzene rings is 2. The van der Waals surface area contributed by atoms with Crippen LogP contribution in [0.2, 0.25) is 5.02 Å². The van der Waals surface area contributed by atoms with E-state index in [4.69, 9.17) is 11.6 Å². The van der Waals surface area contributed by atoms with E-state index in [1.165, 1.54) is 0 Å². The van der Waals surface area contributed by atoms with E-state index in [0.717, 1.165) is 16.6 Å². The second-order valence-corrected chi connectivity index (χ2v) is 4.79. The predicted octanol–water partition coefficient (Wildman–Crippen LogP) is 3.75. The van der Waals surface area contributed by atoms with Crippen LogP contribution in [0.1, 0.15) is 11.3 Å². The predicted molar refractivity (Wildman–Crippen MR) is 82.7 cm³/mol. The van der Waals surface area contributed by atoms with E-state index in [9.17, 15) is 4.79 Å². The summed E-state index contributed by atoms with van der Waals surface area (Å²) in [4.78, 5) is 19.1. The van der Waals surface area contributed by atoms with Crippen LogP contribution in [0.5, 0.6) is 0 Å². The van der Waals surface area contributed by atoms with Gasteiger partial charge in [0.15, 0.2) is 0 Å². The molecular formula is C16H11ClN2O. The van der Waals surface area contributed by atoms with Crippen molar-refractivity contribution in [2.75, 3.05) is 0 Å². The van der Waals surface area contributed by atoms with Gasteiger partial charge in [-0.3, -0.25) is 4.79 Å². The van der Waals surface area contributed by atoms with Crippen LogP contribution in [0.3, 0.4) is 0 Å². The second kappa shape index (κ2) is 5.31. The maximum Gasteiger partial charge on any atom is 0.274 e. The van der Waals surface area contributed by atoms with Crippen molar-refractivity contribution in [3.8, 4) is 0 Å². The topological polar surface area (TPSA) is 45.8 Å². The number of fused-ring (bicyclic) bond motifs is 1. The van der Waals surface area contributed by atoms with Crippen molar-refractivity contribution in [1.29, 1.82) is 0 Å². The molecule has 98 valence electrons. The molecule has 0 atom stereocenters. The van der Waals surface area contributed by atoms with Crippen LogP contribution in [0.25, 0.3) is 23.2 Å². The van der Waals surface area contributed by atoms with Gasteiger partial charge in [-0.05, 0) is 35.9 Å². The van der Waals surface area contributed by atoms with Crippen LogP contribution in [-0.4, -0.2) is 9.97 Å². The quantitative estimate of drug-likeness (QED) is 0.778. The van der Waals surface area contributed by atoms with Crippen LogP contribution in [-0.2, 0) is 0 Å². The molecule has 20 heavy (non-hydrogen) atoms. The molecule has 0 amide bonds. The normalized spacial score (nSPS) is 11.2. The fraction of sp³-hybridized carbons (Fsp3) is 0. The first-order chi connectivity index (χ1) is 9.72. The molecule has 0 aliphatic rings. The Balaban J connectivity index is 2.02. The molecule has 1 heterocycles. The molecular weight excluding hydrogens is 272 g/mol. The Bertz CT molecular complexity index is 852. The van der Waals surface area contributed by atoms with Gasteiger partial charge >= 0.3 is 0 Å². The summed E-state index contributed by atoms with van der Waals surface area (Å²) >= 11 is 5.92. The number of rotatable bonds is 2. The first-order valence-electron chi connectivity index (χ1n) is 6.15. The zero-order chi connectivity index (χ0) is 13.9. The molecule has 0 radical (unpaired) electrons. The summed E-state index contributed by atoms with van der Waals surface area (Å²) in [6.07, 6.45) is 3.51. The lowest BCUT2D eigenvalue weighted by Gasteiger charge is -1.98. The van der Waals surface area contributed by atoms with E-state index in [1.54, 1.807) is 12.1 Å². The Morgan fingerprint density at radius 1 is 1.05 bits per heavy atom. The zero-order valence-corrected chi connectivity index (χ0v) is 11.3. The molecule has 4 heteroatoms. The van der Waals surface area contributed by atoms with E-state index >= 15 is 0 Å². The van der Waals surface area contributed by atoms with Crippen molar-refractivity contribution in [3.05, 3.63) is 75.2 Å². The van der Waals surface area contributed by atoms with Gasteiger partial charge in [0.05, 0.1) is 11.0 Å². The molecule has 3 rings (SSSR count). The van der Waals surface area contributed by atoms with E-state index in [1.807, 2.05) is 48.5 Å². The van der Waals surface area contributed by atoms with Gasteiger partial charge in [-0.2, -0.15) is 0 Å². The highest BCUT2D eigenvalue weighted by Crippen LogP contribution is 2.13. The number of hydrogen-bond donors (Lipinski definition) is 1. The average Bonchev–Trinajstić information content (AvgIpc) is 2.45. The summed E-state index contributed by atoms with van der Waals surface area (Å²) in [6.45, 7) is 0. The van der Waals surface area contributed by atoms with Crippen LogP contribution >= 0.6 is 11.6 Å². The molecule has 0 bridgehead atoms. The summed E-state index contributed by atoms with van der Waals surface area (Å²) < 4.78 is 0. The van der Waals surface area contributed by atoms with Crippen molar-refractivity contribution in [1.82, 2.24) is 9.97 Å². The van der Waals surface area contributed by atoms with Gasteiger partial charge < -0.3 is 4.98 Å². The molecule has 1 aromatic heterocycles. The van der Waals surface area contributed by atoms with Crippen molar-refractivity contribution < 1.29 is 0 Å². The summed E-state index contributed by atoms with van der Waals surface area (Å²) in [5, 5.41) is 0.660. The summed E-state index contributed by atoms with van der Waals surface area (Å²) in [7, 11) is 0. The number of halogens is 1. The van der Waals surface area contributed by atoms with Crippen LogP contribution in [0, 0.1) is 0 Å². The highest BCUT2D eigenvalue weighted by atomic mass is 35.5. The maximum atomic E-state index is 11.9. The van der Waals surface area contributed by atoms with Gasteiger partial charge in [0.1, 0.15) is 5.69 Å². The van der Waals surface area contributed by atoms with Gasteiger partial charge in [0, 0.05) is 5.02 Å². The largest absolute Gasteiger partial charge is 0.319 e. The minimum Gasteiger partial charge on any atom is -0.319 e. The molecule has 3 nitrogen and oxygen atoms in total. The lowest BCUT2D eigenvalue weighted by Crippen LogP contribution is -2.11. The Morgan fingerprint density at radius 2 is 1.90 bits per heavy atom. The van der Waals surface area contributed by atoms with Crippen LogP contribution in [0.4, 0.5) is 0 Å². The Labute approximate surface area is 120 Å². The van der Waals surface area contributed by atoms with Crippen molar-refractivity contribution in [3.63, 3.8) is 0 Å². The third kappa shape index (κ3) is 2.63. The number of aromatic nitrogens is 2. The number of H-pyrrole nitrogens is 1. The van der Waals surface area contributed by atoms with Gasteiger partial charge in [0.2, 0.25) is 0 Å². The van der Waals surface area contributed by atoms with Gasteiger partial charge in [-0.1, -0.05) is 41.9 Å². The lowest BCUT2D eigenvalue weighted by atomic mass is 10.2. The van der Waals surface area contributed by atoms with Crippen molar-refractivity contribution in [2.45, 2.75) is 0 Å². The van der Waals surface area contributed by atoms with Gasteiger partial charge in [-0.25, -0.2) is 4.98 Å². The van der Waals surface area contributed by atoms with Gasteiger partial charge in [-0.15, -0.1) is 0 Å². The highest BCUT2D eigenvalue weighted by Gasteiger charge is 2.00. The SMILES string of the molecule is O=c1[nH]c2ccccc2nc1/C=C\c1cccc(Cl)c1. The standard InChI is InChI=1S/C16H11ClN2O/c17-12-5-3-4-11(10-12)8-9-15-16(20)19-14-7-2-1-6-13(14)18-15/h1-10H,(H,19,20)/b9-8-. The number of aromatic amines is 1. The molecule has 2 aromatic carbocycles. The zero-order valence-electron chi connectivity index (χ0n) is 10.5. The Kier molecular flexibility index (Phi) is 3.35. The second-order valence-electron chi connectivity index (χ2n) is 4.36. The summed E-state index contributed by atoms with van der Waals surface area (Å²) in [6, 6.07) is 14.8. The molecule has 0 fully saturated rings. The Hall–Kier alpha value is -2.39. The minimum absolute atomic E-state index is 0.207. The fourth-order valence-corrected chi connectivity index (χ4v) is 2.14. The monoisotopic (exact) mass is 282 g/mol. The summed E-state index contributed by atoms with van der Waals surface area (Å²) in [5.41, 5.74) is 2.59.